The predicted molar refractivity (Wildman–Crippen MR) is 203 cm³/mol. The van der Waals surface area contributed by atoms with Crippen molar-refractivity contribution in [1.82, 2.24) is 20.9 Å². The minimum atomic E-state index is -1.82. The lowest BCUT2D eigenvalue weighted by Crippen LogP contribution is -2.64. The molecule has 0 aromatic heterocycles. The minimum Gasteiger partial charge on any atom is -0.479 e. The number of rotatable bonds is 12. The second kappa shape index (κ2) is 18.0. The molecule has 11 nitrogen and oxygen atoms in total. The summed E-state index contributed by atoms with van der Waals surface area (Å²) in [6.07, 6.45) is 2.95. The number of esters is 1. The van der Waals surface area contributed by atoms with E-state index >= 15 is 0 Å². The average Bonchev–Trinajstić information content (AvgIpc) is 3.53. The zero-order valence-corrected chi connectivity index (χ0v) is 33.5. The van der Waals surface area contributed by atoms with E-state index < -0.39 is 49.5 Å². The van der Waals surface area contributed by atoms with E-state index in [1.165, 1.54) is 16.7 Å². The van der Waals surface area contributed by atoms with Crippen molar-refractivity contribution in [2.75, 3.05) is 19.4 Å². The first-order chi connectivity index (χ1) is 23.3. The third-order valence-electron chi connectivity index (χ3n) is 9.96. The van der Waals surface area contributed by atoms with Crippen molar-refractivity contribution in [2.45, 2.75) is 134 Å². The second-order valence-corrected chi connectivity index (χ2v) is 22.9. The van der Waals surface area contributed by atoms with E-state index in [1.54, 1.807) is 13.8 Å². The van der Waals surface area contributed by atoms with Gasteiger partial charge in [-0.25, -0.2) is 0 Å². The summed E-state index contributed by atoms with van der Waals surface area (Å²) in [4.78, 5) is 69.5. The van der Waals surface area contributed by atoms with Crippen LogP contribution in [-0.2, 0) is 39.9 Å². The topological polar surface area (TPSA) is 143 Å². The molecule has 50 heavy (non-hydrogen) atoms. The summed E-state index contributed by atoms with van der Waals surface area (Å²) in [6.45, 7) is 16.7. The number of nitrogens with one attached hydrogen (secondary N) is 3. The first-order valence-corrected chi connectivity index (χ1v) is 22.1. The van der Waals surface area contributed by atoms with Gasteiger partial charge in [-0.15, -0.1) is 0 Å². The molecule has 3 rings (SSSR count). The normalized spacial score (nSPS) is 22.2. The van der Waals surface area contributed by atoms with Gasteiger partial charge in [0.2, 0.25) is 28.0 Å². The van der Waals surface area contributed by atoms with E-state index in [1.807, 2.05) is 37.3 Å². The molecule has 4 atom stereocenters. The van der Waals surface area contributed by atoms with Crippen LogP contribution in [0.15, 0.2) is 30.3 Å². The van der Waals surface area contributed by atoms with Gasteiger partial charge in [0, 0.05) is 24.6 Å². The number of fused-ring (bicyclic) bond motifs is 1. The van der Waals surface area contributed by atoms with E-state index in [0.717, 1.165) is 5.56 Å². The summed E-state index contributed by atoms with van der Waals surface area (Å²) < 4.78 is 11.6. The standard InChI is InChI=1S/C36H56N4O7S2Si/c1-9-46-34(48)49-25(18-20-29(41)47-23-50(7,8)35(2,3)4)17-19-26-30(42)39-36(5,6)33(45)38-27(22-24-14-11-10-12-15-24)32(44)40-21-13-16-28(40)31(43)37-26/h10-12,14-15,25-28H,9,13,16-23H2,1-8H3,(H,37,43)(H,38,45)(H,39,42)/t25?,26-,27-,28+/m0/s1. The number of nitrogens with zero attached hydrogens (tertiary/aromatic N) is 1. The Hall–Kier alpha value is -2.97. The summed E-state index contributed by atoms with van der Waals surface area (Å²) in [5.41, 5.74) is -0.530. The van der Waals surface area contributed by atoms with Crippen LogP contribution in [0.25, 0.3) is 0 Å². The number of benzene rings is 1. The van der Waals surface area contributed by atoms with Crippen LogP contribution in [0, 0.1) is 0 Å². The van der Waals surface area contributed by atoms with Gasteiger partial charge in [-0.3, -0.25) is 24.0 Å². The lowest BCUT2D eigenvalue weighted by atomic mass is 9.98. The molecule has 14 heteroatoms. The van der Waals surface area contributed by atoms with Crippen molar-refractivity contribution in [1.29, 1.82) is 0 Å². The number of ether oxygens (including phenoxy) is 2. The third-order valence-corrected chi connectivity index (χ3v) is 16.4. The monoisotopic (exact) mass is 748 g/mol. The zero-order chi connectivity index (χ0) is 37.3. The zero-order valence-electron chi connectivity index (χ0n) is 30.9. The molecule has 2 heterocycles. The predicted octanol–water partition coefficient (Wildman–Crippen LogP) is 4.67. The summed E-state index contributed by atoms with van der Waals surface area (Å²) in [6, 6.07) is 6.68. The van der Waals surface area contributed by atoms with Crippen LogP contribution in [-0.4, -0.2) is 95.3 Å². The van der Waals surface area contributed by atoms with Crippen LogP contribution in [0.1, 0.15) is 85.6 Å². The fraction of sp³-hybridized carbons (Fsp3) is 0.667. The number of thiocarbonyl (C=S) groups is 1. The van der Waals surface area contributed by atoms with E-state index in [-0.39, 0.29) is 41.4 Å². The number of hydrogen-bond acceptors (Lipinski definition) is 9. The fourth-order valence-corrected chi connectivity index (χ4v) is 8.04. The fourth-order valence-electron chi connectivity index (χ4n) is 5.61. The maximum atomic E-state index is 13.9. The van der Waals surface area contributed by atoms with Crippen LogP contribution < -0.4 is 16.0 Å². The van der Waals surface area contributed by atoms with Crippen LogP contribution in [0.5, 0.6) is 0 Å². The van der Waals surface area contributed by atoms with Crippen molar-refractivity contribution in [3.05, 3.63) is 35.9 Å². The van der Waals surface area contributed by atoms with E-state index in [0.29, 0.717) is 49.4 Å². The Bertz CT molecular complexity index is 1390. The minimum absolute atomic E-state index is 0.0793. The third kappa shape index (κ3) is 11.8. The summed E-state index contributed by atoms with van der Waals surface area (Å²) in [5.74, 6) is -2.06. The van der Waals surface area contributed by atoms with E-state index in [2.05, 4.69) is 49.8 Å². The van der Waals surface area contributed by atoms with Gasteiger partial charge in [0.05, 0.1) is 20.9 Å². The van der Waals surface area contributed by atoms with Crippen LogP contribution >= 0.6 is 24.0 Å². The Balaban J connectivity index is 1.79. The summed E-state index contributed by atoms with van der Waals surface area (Å²) >= 11 is 6.74. The van der Waals surface area contributed by atoms with Crippen molar-refractivity contribution < 1.29 is 33.4 Å². The lowest BCUT2D eigenvalue weighted by molar-refractivity contribution is -0.144. The Kier molecular flexibility index (Phi) is 14.9. The number of amides is 4. The Labute approximate surface area is 308 Å². The van der Waals surface area contributed by atoms with Crippen LogP contribution in [0.3, 0.4) is 0 Å². The number of thioether (sulfide) groups is 1. The van der Waals surface area contributed by atoms with Crippen LogP contribution in [0.2, 0.25) is 18.1 Å². The number of hydrogen-bond donors (Lipinski definition) is 3. The molecule has 1 aromatic carbocycles. The average molecular weight is 749 g/mol. The van der Waals surface area contributed by atoms with Crippen molar-refractivity contribution in [2.24, 2.45) is 0 Å². The molecule has 2 fully saturated rings. The highest BCUT2D eigenvalue weighted by Gasteiger charge is 2.42. The Morgan fingerprint density at radius 3 is 2.36 bits per heavy atom. The molecular weight excluding hydrogens is 693 g/mol. The molecule has 2 saturated heterocycles. The molecule has 0 aliphatic carbocycles. The van der Waals surface area contributed by atoms with Crippen LogP contribution in [0.4, 0.5) is 0 Å². The maximum absolute atomic E-state index is 13.9. The first kappa shape index (κ1) is 41.4. The molecule has 2 aliphatic heterocycles. The highest BCUT2D eigenvalue weighted by Crippen LogP contribution is 2.36. The smallest absolute Gasteiger partial charge is 0.305 e. The van der Waals surface area contributed by atoms with Gasteiger partial charge < -0.3 is 30.3 Å². The van der Waals surface area contributed by atoms with Crippen molar-refractivity contribution in [3.8, 4) is 0 Å². The van der Waals surface area contributed by atoms with Gasteiger partial charge in [0.25, 0.3) is 0 Å². The molecule has 4 amide bonds. The van der Waals surface area contributed by atoms with Gasteiger partial charge in [-0.1, -0.05) is 76.0 Å². The molecule has 278 valence electrons. The molecule has 1 aromatic rings. The maximum Gasteiger partial charge on any atom is 0.305 e. The van der Waals surface area contributed by atoms with Gasteiger partial charge in [-0.05, 0) is 75.7 Å². The van der Waals surface area contributed by atoms with E-state index in [4.69, 9.17) is 21.7 Å². The molecule has 0 radical (unpaired) electrons. The Morgan fingerprint density at radius 2 is 1.72 bits per heavy atom. The summed E-state index contributed by atoms with van der Waals surface area (Å²) in [5, 5.41) is 8.47. The van der Waals surface area contributed by atoms with E-state index in [9.17, 15) is 24.0 Å². The highest BCUT2D eigenvalue weighted by atomic mass is 32.2. The van der Waals surface area contributed by atoms with Gasteiger partial charge in [0.1, 0.15) is 23.7 Å². The molecular formula is C36H56N4O7S2Si. The van der Waals surface area contributed by atoms with Crippen molar-refractivity contribution >= 4 is 66.0 Å². The number of carbonyl (C=O) groups excluding carboxylic acids is 5. The summed E-state index contributed by atoms with van der Waals surface area (Å²) in [7, 11) is -1.82. The van der Waals surface area contributed by atoms with Gasteiger partial charge >= 0.3 is 5.97 Å². The molecule has 1 unspecified atom stereocenters. The van der Waals surface area contributed by atoms with Gasteiger partial charge in [-0.2, -0.15) is 0 Å². The SMILES string of the molecule is CCOC(=S)SC(CCC(=O)OC[Si](C)(C)C(C)(C)C)CC[C@@H]1NC(=O)[C@H]2CCCN2C(=O)[C@H](Cc2ccccc2)NC(=O)C(C)(C)NC1=O. The first-order valence-electron chi connectivity index (χ1n) is 17.6. The second-order valence-electron chi connectivity index (χ2n) is 15.4. The quantitative estimate of drug-likeness (QED) is 0.158. The van der Waals surface area contributed by atoms with Gasteiger partial charge in [0.15, 0.2) is 0 Å². The lowest BCUT2D eigenvalue weighted by Gasteiger charge is -2.36. The molecule has 0 bridgehead atoms. The molecule has 2 aliphatic rings. The largest absolute Gasteiger partial charge is 0.479 e. The van der Waals surface area contributed by atoms with Crippen molar-refractivity contribution in [3.63, 3.8) is 0 Å². The molecule has 3 N–H and O–H groups in total. The Morgan fingerprint density at radius 1 is 1.04 bits per heavy atom. The molecule has 0 saturated carbocycles. The molecule has 0 spiro atoms. The number of carbonyl (C=O) groups is 5. The highest BCUT2D eigenvalue weighted by molar-refractivity contribution is 8.23.